The van der Waals surface area contributed by atoms with Gasteiger partial charge >= 0.3 is 0 Å². The van der Waals surface area contributed by atoms with Gasteiger partial charge in [0.05, 0.1) is 24.0 Å². The quantitative estimate of drug-likeness (QED) is 0.316. The molecule has 0 saturated heterocycles. The molecule has 0 saturated carbocycles. The van der Waals surface area contributed by atoms with E-state index in [4.69, 9.17) is 9.94 Å². The molecule has 28 heavy (non-hydrogen) atoms. The van der Waals surface area contributed by atoms with Gasteiger partial charge in [0.25, 0.3) is 0 Å². The third-order valence-electron chi connectivity index (χ3n) is 4.33. The molecule has 142 valence electrons. The second-order valence-electron chi connectivity index (χ2n) is 6.29. The molecule has 1 N–H and O–H groups in total. The van der Waals surface area contributed by atoms with Crippen LogP contribution in [0, 0.1) is 5.82 Å². The van der Waals surface area contributed by atoms with E-state index in [2.05, 4.69) is 20.2 Å². The van der Waals surface area contributed by atoms with Crippen molar-refractivity contribution >= 4 is 22.3 Å². The minimum atomic E-state index is -0.313. The molecule has 0 amide bonds. The zero-order valence-electron chi connectivity index (χ0n) is 15.2. The molecule has 0 fully saturated rings. The molecule has 0 atom stereocenters. The third-order valence-corrected chi connectivity index (χ3v) is 4.33. The first-order valence-electron chi connectivity index (χ1n) is 8.80. The minimum Gasteiger partial charge on any atom is -0.393 e. The number of aliphatic hydroxyl groups excluding tert-OH is 1. The smallest absolute Gasteiger partial charge is 0.153 e. The van der Waals surface area contributed by atoms with E-state index in [-0.39, 0.29) is 19.0 Å². The minimum absolute atomic E-state index is 0.109. The van der Waals surface area contributed by atoms with Crippen molar-refractivity contribution in [3.8, 4) is 0 Å². The lowest BCUT2D eigenvalue weighted by Crippen LogP contribution is -2.07. The maximum Gasteiger partial charge on any atom is 0.153 e. The third kappa shape index (κ3) is 3.54. The molecule has 0 bridgehead atoms. The van der Waals surface area contributed by atoms with Crippen LogP contribution in [-0.2, 0) is 11.3 Å². The zero-order chi connectivity index (χ0) is 19.5. The molecule has 4 rings (SSSR count). The Balaban J connectivity index is 1.68. The Morgan fingerprint density at radius 2 is 2.14 bits per heavy atom. The average molecular weight is 379 g/mol. The van der Waals surface area contributed by atoms with Crippen molar-refractivity contribution in [2.75, 3.05) is 13.2 Å². The van der Waals surface area contributed by atoms with Crippen molar-refractivity contribution in [3.05, 3.63) is 71.6 Å². The van der Waals surface area contributed by atoms with Gasteiger partial charge in [0.15, 0.2) is 5.65 Å². The van der Waals surface area contributed by atoms with Gasteiger partial charge in [-0.3, -0.25) is 4.98 Å². The molecule has 0 aliphatic heterocycles. The van der Waals surface area contributed by atoms with Gasteiger partial charge in [0, 0.05) is 24.1 Å². The van der Waals surface area contributed by atoms with E-state index in [0.717, 1.165) is 11.1 Å². The first kappa shape index (κ1) is 18.0. The van der Waals surface area contributed by atoms with Crippen LogP contribution in [0.5, 0.6) is 0 Å². The fourth-order valence-corrected chi connectivity index (χ4v) is 2.94. The standard InChI is InChI=1S/C20H18FN5O2/c1-13(25-28-8-7-27)18-4-5-20-23-12-16(26(20)24-18)10-15-9-14-3-2-6-22-19(14)11-17(15)21/h2-6,9,11-12,27H,7-8,10H2,1H3/b25-13+. The Labute approximate surface area is 160 Å². The number of hydrogen-bond donors (Lipinski definition) is 1. The number of imidazole rings is 1. The lowest BCUT2D eigenvalue weighted by molar-refractivity contribution is 0.0986. The Morgan fingerprint density at radius 3 is 3.00 bits per heavy atom. The predicted octanol–water partition coefficient (Wildman–Crippen LogP) is 2.74. The number of halogens is 1. The normalized spacial score (nSPS) is 12.0. The summed E-state index contributed by atoms with van der Waals surface area (Å²) < 4.78 is 16.2. The molecule has 0 spiro atoms. The molecule has 3 aromatic heterocycles. The summed E-state index contributed by atoms with van der Waals surface area (Å²) in [7, 11) is 0. The number of benzene rings is 1. The highest BCUT2D eigenvalue weighted by atomic mass is 19.1. The van der Waals surface area contributed by atoms with E-state index >= 15 is 0 Å². The van der Waals surface area contributed by atoms with Gasteiger partial charge in [-0.05, 0) is 36.8 Å². The molecule has 3 heterocycles. The second-order valence-corrected chi connectivity index (χ2v) is 6.29. The Kier molecular flexibility index (Phi) is 4.94. The van der Waals surface area contributed by atoms with Crippen LogP contribution in [-0.4, -0.2) is 43.6 Å². The van der Waals surface area contributed by atoms with E-state index < -0.39 is 0 Å². The van der Waals surface area contributed by atoms with E-state index in [9.17, 15) is 4.39 Å². The van der Waals surface area contributed by atoms with Gasteiger partial charge in [-0.1, -0.05) is 11.2 Å². The topological polar surface area (TPSA) is 84.9 Å². The monoisotopic (exact) mass is 379 g/mol. The average Bonchev–Trinajstić information content (AvgIpc) is 3.10. The van der Waals surface area contributed by atoms with Crippen LogP contribution in [0.4, 0.5) is 4.39 Å². The summed E-state index contributed by atoms with van der Waals surface area (Å²) in [6, 6.07) is 10.6. The molecule has 0 aliphatic rings. The highest BCUT2D eigenvalue weighted by Gasteiger charge is 2.12. The van der Waals surface area contributed by atoms with Crippen LogP contribution in [0.3, 0.4) is 0 Å². The van der Waals surface area contributed by atoms with Crippen molar-refractivity contribution in [2.24, 2.45) is 5.16 Å². The van der Waals surface area contributed by atoms with Gasteiger partial charge in [0.2, 0.25) is 0 Å². The Bertz CT molecular complexity index is 1170. The summed E-state index contributed by atoms with van der Waals surface area (Å²) in [6.45, 7) is 1.77. The molecule has 1 aromatic carbocycles. The number of aromatic nitrogens is 4. The van der Waals surface area contributed by atoms with Gasteiger partial charge in [-0.15, -0.1) is 0 Å². The lowest BCUT2D eigenvalue weighted by Gasteiger charge is -2.07. The highest BCUT2D eigenvalue weighted by molar-refractivity contribution is 5.96. The van der Waals surface area contributed by atoms with Crippen LogP contribution in [0.2, 0.25) is 0 Å². The number of aliphatic hydroxyl groups is 1. The summed E-state index contributed by atoms with van der Waals surface area (Å²) in [5, 5.41) is 18.1. The molecule has 7 nitrogen and oxygen atoms in total. The molecule has 0 radical (unpaired) electrons. The largest absolute Gasteiger partial charge is 0.393 e. The summed E-state index contributed by atoms with van der Waals surface area (Å²) in [5.41, 5.74) is 3.75. The van der Waals surface area contributed by atoms with Crippen LogP contribution in [0.25, 0.3) is 16.6 Å². The number of hydrogen-bond acceptors (Lipinski definition) is 6. The van der Waals surface area contributed by atoms with Crippen molar-refractivity contribution in [2.45, 2.75) is 13.3 Å². The zero-order valence-corrected chi connectivity index (χ0v) is 15.2. The SMILES string of the molecule is C/C(=N\OCCO)c1ccc2ncc(Cc3cc4cccnc4cc3F)n2n1. The lowest BCUT2D eigenvalue weighted by atomic mass is 10.1. The summed E-state index contributed by atoms with van der Waals surface area (Å²) in [5.74, 6) is -0.313. The summed E-state index contributed by atoms with van der Waals surface area (Å²) in [6.07, 6.45) is 3.67. The number of pyridine rings is 1. The van der Waals surface area contributed by atoms with Gasteiger partial charge in [-0.25, -0.2) is 13.9 Å². The van der Waals surface area contributed by atoms with E-state index in [1.165, 1.54) is 6.07 Å². The molecule has 0 aliphatic carbocycles. The van der Waals surface area contributed by atoms with Crippen LogP contribution >= 0.6 is 0 Å². The highest BCUT2D eigenvalue weighted by Crippen LogP contribution is 2.20. The maximum atomic E-state index is 14.5. The number of nitrogens with zero attached hydrogens (tertiary/aromatic N) is 5. The number of oxime groups is 1. The molecule has 0 unspecified atom stereocenters. The first-order valence-corrected chi connectivity index (χ1v) is 8.80. The molecular weight excluding hydrogens is 361 g/mol. The molecule has 8 heteroatoms. The Hall–Kier alpha value is -3.39. The molecular formula is C20H18FN5O2. The second kappa shape index (κ2) is 7.69. The van der Waals surface area contributed by atoms with E-state index in [1.54, 1.807) is 36.0 Å². The number of rotatable bonds is 6. The van der Waals surface area contributed by atoms with E-state index in [0.29, 0.717) is 34.6 Å². The fraction of sp³-hybridized carbons (Fsp3) is 0.200. The first-order chi connectivity index (χ1) is 13.7. The van der Waals surface area contributed by atoms with Gasteiger partial charge in [-0.2, -0.15) is 5.10 Å². The van der Waals surface area contributed by atoms with Crippen LogP contribution in [0.15, 0.2) is 53.9 Å². The summed E-state index contributed by atoms with van der Waals surface area (Å²) >= 11 is 0. The van der Waals surface area contributed by atoms with Crippen LogP contribution < -0.4 is 0 Å². The maximum absolute atomic E-state index is 14.5. The van der Waals surface area contributed by atoms with Gasteiger partial charge in [0.1, 0.15) is 23.8 Å². The van der Waals surface area contributed by atoms with E-state index in [1.807, 2.05) is 18.2 Å². The molecule has 4 aromatic rings. The van der Waals surface area contributed by atoms with Gasteiger partial charge < -0.3 is 9.94 Å². The predicted molar refractivity (Wildman–Crippen MR) is 103 cm³/mol. The Morgan fingerprint density at radius 1 is 1.25 bits per heavy atom. The number of fused-ring (bicyclic) bond motifs is 2. The van der Waals surface area contributed by atoms with Crippen molar-refractivity contribution in [3.63, 3.8) is 0 Å². The van der Waals surface area contributed by atoms with Crippen molar-refractivity contribution in [1.29, 1.82) is 0 Å². The summed E-state index contributed by atoms with van der Waals surface area (Å²) in [4.78, 5) is 13.5. The fourth-order valence-electron chi connectivity index (χ4n) is 2.94. The van der Waals surface area contributed by atoms with Crippen LogP contribution in [0.1, 0.15) is 23.9 Å². The van der Waals surface area contributed by atoms with Crippen molar-refractivity contribution < 1.29 is 14.3 Å². The van der Waals surface area contributed by atoms with Crippen molar-refractivity contribution in [1.82, 2.24) is 19.6 Å².